The summed E-state index contributed by atoms with van der Waals surface area (Å²) in [5.74, 6) is 1.46. The fourth-order valence-corrected chi connectivity index (χ4v) is 3.50. The zero-order chi connectivity index (χ0) is 15.7. The number of hydrogen-bond donors (Lipinski definition) is 2. The standard InChI is InChI=1S/C13H14Br2N4OS/c1-6-11(12(16)21)13(19(2)18-6)17-9-5-10(20-3)8(15)4-7(9)14/h4-5,17H,1-3H3,(H2,16,21). The molecule has 0 fully saturated rings. The first-order valence-electron chi connectivity index (χ1n) is 5.98. The van der Waals surface area contributed by atoms with Crippen molar-refractivity contribution >= 4 is 60.6 Å². The predicted molar refractivity (Wildman–Crippen MR) is 95.5 cm³/mol. The predicted octanol–water partition coefficient (Wildman–Crippen LogP) is 3.64. The van der Waals surface area contributed by atoms with Crippen LogP contribution in [0.5, 0.6) is 5.75 Å². The van der Waals surface area contributed by atoms with E-state index < -0.39 is 0 Å². The van der Waals surface area contributed by atoms with Gasteiger partial charge in [-0.1, -0.05) is 12.2 Å². The van der Waals surface area contributed by atoms with Gasteiger partial charge in [-0.05, 0) is 44.8 Å². The molecule has 112 valence electrons. The molecule has 0 radical (unpaired) electrons. The fraction of sp³-hybridized carbons (Fsp3) is 0.231. The number of thiocarbonyl (C=S) groups is 1. The third-order valence-corrected chi connectivity index (χ3v) is 4.44. The number of ether oxygens (including phenoxy) is 1. The van der Waals surface area contributed by atoms with Gasteiger partial charge in [0.1, 0.15) is 16.6 Å². The maximum absolute atomic E-state index is 5.79. The lowest BCUT2D eigenvalue weighted by Crippen LogP contribution is -2.13. The van der Waals surface area contributed by atoms with E-state index in [4.69, 9.17) is 22.7 Å². The molecular weight excluding hydrogens is 420 g/mol. The first kappa shape index (κ1) is 16.3. The zero-order valence-electron chi connectivity index (χ0n) is 11.7. The molecule has 1 heterocycles. The van der Waals surface area contributed by atoms with Crippen LogP contribution in [0.15, 0.2) is 21.1 Å². The van der Waals surface area contributed by atoms with Gasteiger partial charge in [-0.25, -0.2) is 0 Å². The molecule has 5 nitrogen and oxygen atoms in total. The van der Waals surface area contributed by atoms with Gasteiger partial charge in [0.25, 0.3) is 0 Å². The molecule has 0 aliphatic rings. The summed E-state index contributed by atoms with van der Waals surface area (Å²) in [6.07, 6.45) is 0. The highest BCUT2D eigenvalue weighted by Gasteiger charge is 2.17. The minimum atomic E-state index is 0.309. The Kier molecular flexibility index (Phi) is 4.90. The Morgan fingerprint density at radius 3 is 2.62 bits per heavy atom. The van der Waals surface area contributed by atoms with Gasteiger partial charge in [-0.15, -0.1) is 0 Å². The molecule has 1 aromatic carbocycles. The van der Waals surface area contributed by atoms with Crippen LogP contribution in [0.2, 0.25) is 0 Å². The molecule has 2 aromatic rings. The van der Waals surface area contributed by atoms with Crippen LogP contribution >= 0.6 is 44.1 Å². The minimum absolute atomic E-state index is 0.309. The summed E-state index contributed by atoms with van der Waals surface area (Å²) in [6, 6.07) is 3.78. The molecule has 1 aromatic heterocycles. The molecule has 0 aliphatic heterocycles. The number of nitrogens with one attached hydrogen (secondary N) is 1. The molecule has 21 heavy (non-hydrogen) atoms. The zero-order valence-corrected chi connectivity index (χ0v) is 15.7. The van der Waals surface area contributed by atoms with Crippen LogP contribution in [0.1, 0.15) is 11.3 Å². The van der Waals surface area contributed by atoms with Gasteiger partial charge in [0, 0.05) is 17.6 Å². The van der Waals surface area contributed by atoms with Crippen LogP contribution in [0.3, 0.4) is 0 Å². The number of nitrogens with two attached hydrogens (primary N) is 1. The summed E-state index contributed by atoms with van der Waals surface area (Å²) in [7, 11) is 3.45. The first-order valence-corrected chi connectivity index (χ1v) is 7.98. The Bertz CT molecular complexity index is 715. The van der Waals surface area contributed by atoms with Crippen LogP contribution in [-0.2, 0) is 7.05 Å². The van der Waals surface area contributed by atoms with Crippen LogP contribution in [0.4, 0.5) is 11.5 Å². The highest BCUT2D eigenvalue weighted by molar-refractivity contribution is 9.11. The molecule has 0 spiro atoms. The normalized spacial score (nSPS) is 10.5. The molecule has 8 heteroatoms. The number of methoxy groups -OCH3 is 1. The van der Waals surface area contributed by atoms with Crippen LogP contribution in [0, 0.1) is 6.92 Å². The SMILES string of the molecule is COc1cc(Nc2c(C(N)=S)c(C)nn2C)c(Br)cc1Br. The van der Waals surface area contributed by atoms with Gasteiger partial charge >= 0.3 is 0 Å². The largest absolute Gasteiger partial charge is 0.495 e. The lowest BCUT2D eigenvalue weighted by molar-refractivity contribution is 0.412. The van der Waals surface area contributed by atoms with E-state index in [1.807, 2.05) is 26.1 Å². The van der Waals surface area contributed by atoms with Crippen LogP contribution < -0.4 is 15.8 Å². The average molecular weight is 434 g/mol. The van der Waals surface area contributed by atoms with E-state index in [0.29, 0.717) is 4.99 Å². The summed E-state index contributed by atoms with van der Waals surface area (Å²) < 4.78 is 8.76. The first-order chi connectivity index (χ1) is 9.85. The number of rotatable bonds is 4. The van der Waals surface area contributed by atoms with Gasteiger partial charge < -0.3 is 15.8 Å². The highest BCUT2D eigenvalue weighted by Crippen LogP contribution is 2.36. The average Bonchev–Trinajstić information content (AvgIpc) is 2.67. The quantitative estimate of drug-likeness (QED) is 0.720. The van der Waals surface area contributed by atoms with Crippen molar-refractivity contribution in [1.82, 2.24) is 9.78 Å². The third-order valence-electron chi connectivity index (χ3n) is 2.96. The molecule has 0 amide bonds. The van der Waals surface area contributed by atoms with E-state index in [1.54, 1.807) is 11.8 Å². The number of anilines is 2. The van der Waals surface area contributed by atoms with E-state index in [1.165, 1.54) is 0 Å². The van der Waals surface area contributed by atoms with E-state index >= 15 is 0 Å². The Hall–Kier alpha value is -1.12. The summed E-state index contributed by atoms with van der Waals surface area (Å²) in [4.78, 5) is 0.309. The number of halogens is 2. The second-order valence-corrected chi connectivity index (χ2v) is 6.54. The maximum Gasteiger partial charge on any atom is 0.138 e. The van der Waals surface area contributed by atoms with E-state index in [9.17, 15) is 0 Å². The van der Waals surface area contributed by atoms with Crippen molar-refractivity contribution in [3.63, 3.8) is 0 Å². The number of aromatic nitrogens is 2. The van der Waals surface area contributed by atoms with Gasteiger partial charge in [0.15, 0.2) is 0 Å². The Morgan fingerprint density at radius 2 is 2.05 bits per heavy atom. The van der Waals surface area contributed by atoms with E-state index in [0.717, 1.165) is 37.5 Å². The second-order valence-electron chi connectivity index (χ2n) is 4.39. The van der Waals surface area contributed by atoms with Crippen molar-refractivity contribution in [2.75, 3.05) is 12.4 Å². The van der Waals surface area contributed by atoms with Crippen molar-refractivity contribution in [3.8, 4) is 5.75 Å². The van der Waals surface area contributed by atoms with Crippen molar-refractivity contribution in [1.29, 1.82) is 0 Å². The molecule has 0 saturated carbocycles. The molecular formula is C13H14Br2N4OS. The number of benzene rings is 1. The maximum atomic E-state index is 5.79. The van der Waals surface area contributed by atoms with Gasteiger partial charge in [-0.2, -0.15) is 5.10 Å². The highest BCUT2D eigenvalue weighted by atomic mass is 79.9. The summed E-state index contributed by atoms with van der Waals surface area (Å²) in [6.45, 7) is 1.87. The van der Waals surface area contributed by atoms with E-state index in [-0.39, 0.29) is 0 Å². The summed E-state index contributed by atoms with van der Waals surface area (Å²) in [5, 5.41) is 7.65. The summed E-state index contributed by atoms with van der Waals surface area (Å²) in [5.41, 5.74) is 8.15. The smallest absolute Gasteiger partial charge is 0.138 e. The lowest BCUT2D eigenvalue weighted by Gasteiger charge is -2.13. The summed E-state index contributed by atoms with van der Waals surface area (Å²) >= 11 is 12.1. The van der Waals surface area contributed by atoms with Crippen molar-refractivity contribution in [2.45, 2.75) is 6.92 Å². The molecule has 0 atom stereocenters. The minimum Gasteiger partial charge on any atom is -0.495 e. The third kappa shape index (κ3) is 3.22. The second kappa shape index (κ2) is 6.33. The van der Waals surface area contributed by atoms with Gasteiger partial charge in [0.2, 0.25) is 0 Å². The molecule has 2 rings (SSSR count). The lowest BCUT2D eigenvalue weighted by atomic mass is 10.2. The topological polar surface area (TPSA) is 65.1 Å². The molecule has 0 saturated heterocycles. The Labute approximate surface area is 145 Å². The number of hydrogen-bond acceptors (Lipinski definition) is 4. The van der Waals surface area contributed by atoms with Gasteiger partial charge in [0.05, 0.1) is 28.5 Å². The van der Waals surface area contributed by atoms with Crippen LogP contribution in [-0.4, -0.2) is 21.9 Å². The number of nitrogens with zero attached hydrogens (tertiary/aromatic N) is 2. The molecule has 0 aliphatic carbocycles. The monoisotopic (exact) mass is 432 g/mol. The Morgan fingerprint density at radius 1 is 1.38 bits per heavy atom. The van der Waals surface area contributed by atoms with E-state index in [2.05, 4.69) is 42.3 Å². The number of aryl methyl sites for hydroxylation is 2. The molecule has 0 unspecified atom stereocenters. The van der Waals surface area contributed by atoms with Crippen molar-refractivity contribution in [2.24, 2.45) is 12.8 Å². The Balaban J connectivity index is 2.50. The van der Waals surface area contributed by atoms with Crippen molar-refractivity contribution < 1.29 is 4.74 Å². The van der Waals surface area contributed by atoms with Crippen LogP contribution in [0.25, 0.3) is 0 Å². The van der Waals surface area contributed by atoms with Gasteiger partial charge in [-0.3, -0.25) is 4.68 Å². The fourth-order valence-electron chi connectivity index (χ4n) is 2.01. The molecule has 3 N–H and O–H groups in total. The molecule has 0 bridgehead atoms. The van der Waals surface area contributed by atoms with Crippen molar-refractivity contribution in [3.05, 3.63) is 32.3 Å².